The predicted molar refractivity (Wildman–Crippen MR) is 68.1 cm³/mol. The summed E-state index contributed by atoms with van der Waals surface area (Å²) in [6.45, 7) is 2.74. The minimum Gasteiger partial charge on any atom is -0.504 e. The van der Waals surface area contributed by atoms with Crippen LogP contribution in [-0.4, -0.2) is 54.2 Å². The van der Waals surface area contributed by atoms with Crippen molar-refractivity contribution in [3.8, 4) is 11.5 Å². The van der Waals surface area contributed by atoms with E-state index in [1.165, 1.54) is 18.2 Å². The van der Waals surface area contributed by atoms with Crippen molar-refractivity contribution < 1.29 is 19.7 Å². The lowest BCUT2D eigenvalue weighted by molar-refractivity contribution is 0.0841. The summed E-state index contributed by atoms with van der Waals surface area (Å²) in [7, 11) is 3.45. The molecular formula is C13H19NO4. The number of carbonyl (C=O) groups excluding carboxylic acids is 1. The van der Waals surface area contributed by atoms with Crippen LogP contribution in [0.2, 0.25) is 0 Å². The van der Waals surface area contributed by atoms with Gasteiger partial charge in [-0.15, -0.1) is 0 Å². The largest absolute Gasteiger partial charge is 0.504 e. The van der Waals surface area contributed by atoms with E-state index >= 15 is 0 Å². The zero-order valence-corrected chi connectivity index (χ0v) is 10.9. The molecule has 0 saturated heterocycles. The van der Waals surface area contributed by atoms with E-state index in [1.807, 2.05) is 18.9 Å². The van der Waals surface area contributed by atoms with E-state index in [9.17, 15) is 15.0 Å². The molecule has 0 heterocycles. The first-order valence-electron chi connectivity index (χ1n) is 5.70. The van der Waals surface area contributed by atoms with Gasteiger partial charge >= 0.3 is 0 Å². The maximum atomic E-state index is 12.0. The van der Waals surface area contributed by atoms with Crippen LogP contribution in [0.15, 0.2) is 18.2 Å². The number of rotatable bonds is 6. The molecule has 2 N–H and O–H groups in total. The summed E-state index contributed by atoms with van der Waals surface area (Å²) in [6.07, 6.45) is 0. The Bertz CT molecular complexity index is 419. The summed E-state index contributed by atoms with van der Waals surface area (Å²) in [5, 5.41) is 18.5. The van der Waals surface area contributed by atoms with Crippen LogP contribution in [0.1, 0.15) is 17.3 Å². The van der Waals surface area contributed by atoms with Crippen LogP contribution in [0.3, 0.4) is 0 Å². The molecule has 1 aromatic rings. The van der Waals surface area contributed by atoms with Crippen molar-refractivity contribution in [2.75, 3.05) is 27.3 Å². The summed E-state index contributed by atoms with van der Waals surface area (Å²) in [4.78, 5) is 13.8. The number of aromatic hydroxyl groups is 2. The van der Waals surface area contributed by atoms with Gasteiger partial charge < -0.3 is 14.9 Å². The molecule has 1 atom stereocenters. The van der Waals surface area contributed by atoms with Gasteiger partial charge in [0, 0.05) is 18.7 Å². The molecule has 0 radical (unpaired) electrons. The third-order valence-electron chi connectivity index (χ3n) is 2.85. The molecule has 0 aromatic heterocycles. The lowest BCUT2D eigenvalue weighted by Gasteiger charge is -2.23. The van der Waals surface area contributed by atoms with Crippen molar-refractivity contribution in [3.05, 3.63) is 23.8 Å². The number of ether oxygens (including phenoxy) is 1. The zero-order chi connectivity index (χ0) is 13.7. The Balaban J connectivity index is 2.67. The first-order chi connectivity index (χ1) is 8.45. The molecule has 18 heavy (non-hydrogen) atoms. The maximum Gasteiger partial charge on any atom is 0.176 e. The third-order valence-corrected chi connectivity index (χ3v) is 2.85. The van der Waals surface area contributed by atoms with Gasteiger partial charge in [-0.1, -0.05) is 0 Å². The molecule has 0 bridgehead atoms. The van der Waals surface area contributed by atoms with Gasteiger partial charge in [-0.05, 0) is 32.2 Å². The van der Waals surface area contributed by atoms with Gasteiger partial charge in [0.2, 0.25) is 0 Å². The van der Waals surface area contributed by atoms with E-state index in [-0.39, 0.29) is 29.9 Å². The van der Waals surface area contributed by atoms with Crippen LogP contribution in [0.25, 0.3) is 0 Å². The second-order valence-electron chi connectivity index (χ2n) is 4.35. The molecule has 1 aromatic carbocycles. The first-order valence-corrected chi connectivity index (χ1v) is 5.70. The van der Waals surface area contributed by atoms with Crippen LogP contribution in [0, 0.1) is 0 Å². The highest BCUT2D eigenvalue weighted by Crippen LogP contribution is 2.25. The Morgan fingerprint density at radius 1 is 1.39 bits per heavy atom. The summed E-state index contributed by atoms with van der Waals surface area (Å²) in [6, 6.07) is 4.20. The van der Waals surface area contributed by atoms with E-state index in [2.05, 4.69) is 0 Å². The molecule has 5 nitrogen and oxygen atoms in total. The molecule has 0 aliphatic carbocycles. The van der Waals surface area contributed by atoms with Gasteiger partial charge in [0.15, 0.2) is 17.3 Å². The smallest absolute Gasteiger partial charge is 0.176 e. The second-order valence-corrected chi connectivity index (χ2v) is 4.35. The number of ketones is 1. The number of methoxy groups -OCH3 is 1. The van der Waals surface area contributed by atoms with Crippen LogP contribution in [-0.2, 0) is 4.74 Å². The van der Waals surface area contributed by atoms with E-state index in [1.54, 1.807) is 7.11 Å². The molecule has 100 valence electrons. The summed E-state index contributed by atoms with van der Waals surface area (Å²) < 4.78 is 5.02. The molecular weight excluding hydrogens is 234 g/mol. The standard InChI is InChI=1S/C13H19NO4/c1-9(8-18-3)14(2)7-13(17)10-4-5-11(15)12(16)6-10/h4-6,9,15-16H,7-8H2,1-3H3. The summed E-state index contributed by atoms with van der Waals surface area (Å²) >= 11 is 0. The van der Waals surface area contributed by atoms with Crippen molar-refractivity contribution in [1.29, 1.82) is 0 Å². The monoisotopic (exact) mass is 253 g/mol. The second kappa shape index (κ2) is 6.37. The van der Waals surface area contributed by atoms with Gasteiger partial charge in [0.25, 0.3) is 0 Å². The van der Waals surface area contributed by atoms with Crippen LogP contribution in [0.5, 0.6) is 11.5 Å². The molecule has 0 aliphatic heterocycles. The number of benzene rings is 1. The minimum atomic E-state index is -0.284. The fraction of sp³-hybridized carbons (Fsp3) is 0.462. The number of carbonyl (C=O) groups is 1. The molecule has 0 amide bonds. The summed E-state index contributed by atoms with van der Waals surface area (Å²) in [5.74, 6) is -0.628. The van der Waals surface area contributed by atoms with Crippen molar-refractivity contribution in [2.45, 2.75) is 13.0 Å². The first kappa shape index (κ1) is 14.5. The number of phenolic OH excluding ortho intramolecular Hbond substituents is 2. The van der Waals surface area contributed by atoms with E-state index in [4.69, 9.17) is 4.74 Å². The number of hydrogen-bond donors (Lipinski definition) is 2. The fourth-order valence-corrected chi connectivity index (χ4v) is 1.54. The molecule has 5 heteroatoms. The Labute approximate surface area is 107 Å². The topological polar surface area (TPSA) is 70.0 Å². The van der Waals surface area contributed by atoms with Crippen LogP contribution in [0.4, 0.5) is 0 Å². The Hall–Kier alpha value is -1.59. The maximum absolute atomic E-state index is 12.0. The lowest BCUT2D eigenvalue weighted by Crippen LogP contribution is -2.36. The van der Waals surface area contributed by atoms with Crippen LogP contribution >= 0.6 is 0 Å². The molecule has 0 spiro atoms. The number of nitrogens with zero attached hydrogens (tertiary/aromatic N) is 1. The molecule has 0 aliphatic rings. The number of phenols is 2. The quantitative estimate of drug-likeness (QED) is 0.590. The Morgan fingerprint density at radius 2 is 2.06 bits per heavy atom. The molecule has 0 fully saturated rings. The number of hydrogen-bond acceptors (Lipinski definition) is 5. The molecule has 0 saturated carbocycles. The zero-order valence-electron chi connectivity index (χ0n) is 10.9. The number of likely N-dealkylation sites (N-methyl/N-ethyl adjacent to an activating group) is 1. The van der Waals surface area contributed by atoms with Gasteiger partial charge in [-0.25, -0.2) is 0 Å². The normalized spacial score (nSPS) is 12.7. The van der Waals surface area contributed by atoms with Gasteiger partial charge in [0.05, 0.1) is 13.2 Å². The van der Waals surface area contributed by atoms with Gasteiger partial charge in [-0.3, -0.25) is 9.69 Å². The van der Waals surface area contributed by atoms with Crippen molar-refractivity contribution >= 4 is 5.78 Å². The highest BCUT2D eigenvalue weighted by Gasteiger charge is 2.15. The molecule has 1 rings (SSSR count). The highest BCUT2D eigenvalue weighted by atomic mass is 16.5. The van der Waals surface area contributed by atoms with E-state index < -0.39 is 0 Å². The lowest BCUT2D eigenvalue weighted by atomic mass is 10.1. The van der Waals surface area contributed by atoms with Crippen molar-refractivity contribution in [3.63, 3.8) is 0 Å². The van der Waals surface area contributed by atoms with Crippen molar-refractivity contribution in [2.24, 2.45) is 0 Å². The predicted octanol–water partition coefficient (Wildman–Crippen LogP) is 1.25. The summed E-state index contributed by atoms with van der Waals surface area (Å²) in [5.41, 5.74) is 0.377. The van der Waals surface area contributed by atoms with Crippen molar-refractivity contribution in [1.82, 2.24) is 4.90 Å². The average molecular weight is 253 g/mol. The molecule has 1 unspecified atom stereocenters. The average Bonchev–Trinajstić information content (AvgIpc) is 2.32. The SMILES string of the molecule is COCC(C)N(C)CC(=O)c1ccc(O)c(O)c1. The highest BCUT2D eigenvalue weighted by molar-refractivity contribution is 5.98. The van der Waals surface area contributed by atoms with E-state index in [0.29, 0.717) is 12.2 Å². The Morgan fingerprint density at radius 3 is 2.61 bits per heavy atom. The van der Waals surface area contributed by atoms with Gasteiger partial charge in [0.1, 0.15) is 0 Å². The van der Waals surface area contributed by atoms with Crippen LogP contribution < -0.4 is 0 Å². The fourth-order valence-electron chi connectivity index (χ4n) is 1.54. The number of Topliss-reactive ketones (excluding diaryl/α,β-unsaturated/α-hetero) is 1. The van der Waals surface area contributed by atoms with E-state index in [0.717, 1.165) is 0 Å². The minimum absolute atomic E-state index is 0.115. The Kier molecular flexibility index (Phi) is 5.12. The third kappa shape index (κ3) is 3.72. The van der Waals surface area contributed by atoms with Gasteiger partial charge in [-0.2, -0.15) is 0 Å².